The van der Waals surface area contributed by atoms with E-state index in [4.69, 9.17) is 0 Å². The van der Waals surface area contributed by atoms with Gasteiger partial charge in [0.1, 0.15) is 0 Å². The first-order valence-electron chi connectivity index (χ1n) is 12.0. The van der Waals surface area contributed by atoms with E-state index in [1.54, 1.807) is 0 Å². The Morgan fingerprint density at radius 2 is 0.750 bits per heavy atom. The van der Waals surface area contributed by atoms with Crippen LogP contribution >= 0.6 is 0 Å². The Bertz CT molecular complexity index is 345. The maximum absolute atomic E-state index is 11.5. The van der Waals surface area contributed by atoms with Gasteiger partial charge in [-0.1, -0.05) is 104 Å². The Morgan fingerprint density at radius 1 is 0.500 bits per heavy atom. The number of hydrogen-bond donors (Lipinski definition) is 2. The predicted molar refractivity (Wildman–Crippen MR) is 117 cm³/mol. The molecule has 0 aliphatic heterocycles. The molecular weight excluding hydrogens is 352 g/mol. The summed E-state index contributed by atoms with van der Waals surface area (Å²) < 4.78 is 0. The highest BCUT2D eigenvalue weighted by Crippen LogP contribution is 2.22. The molecule has 0 fully saturated rings. The number of unbranched alkanes of at least 4 members (excludes halogenated alkanes) is 11. The Hall–Kier alpha value is -1.06. The highest BCUT2D eigenvalue weighted by Gasteiger charge is 2.19. The van der Waals surface area contributed by atoms with Crippen LogP contribution in [0.25, 0.3) is 0 Å². The second-order valence-electron chi connectivity index (χ2n) is 8.47. The fraction of sp³-hybridized carbons (Fsp3) is 0.917. The molecule has 0 aromatic carbocycles. The van der Waals surface area contributed by atoms with Crippen LogP contribution < -0.4 is 0 Å². The average Bonchev–Trinajstić information content (AvgIpc) is 2.66. The van der Waals surface area contributed by atoms with Crippen molar-refractivity contribution in [2.24, 2.45) is 11.8 Å². The molecule has 4 heteroatoms. The third kappa shape index (κ3) is 15.9. The molecule has 0 aliphatic rings. The van der Waals surface area contributed by atoms with Gasteiger partial charge in [0.2, 0.25) is 0 Å². The summed E-state index contributed by atoms with van der Waals surface area (Å²) >= 11 is 0. The van der Waals surface area contributed by atoms with Crippen molar-refractivity contribution in [1.82, 2.24) is 0 Å². The molecule has 2 atom stereocenters. The molecule has 0 aromatic rings. The zero-order chi connectivity index (χ0) is 21.0. The van der Waals surface area contributed by atoms with Crippen LogP contribution in [-0.2, 0) is 9.59 Å². The van der Waals surface area contributed by atoms with E-state index in [0.717, 1.165) is 51.4 Å². The largest absolute Gasteiger partial charge is 0.481 e. The SMILES string of the molecule is CCCCCCCCC(CCCCC(CCCCCCCC)C(=O)O)C(=O)O. The van der Waals surface area contributed by atoms with Gasteiger partial charge in [-0.25, -0.2) is 0 Å². The summed E-state index contributed by atoms with van der Waals surface area (Å²) in [5, 5.41) is 18.8. The van der Waals surface area contributed by atoms with Gasteiger partial charge in [-0.3, -0.25) is 9.59 Å². The lowest BCUT2D eigenvalue weighted by atomic mass is 9.91. The van der Waals surface area contributed by atoms with Crippen molar-refractivity contribution in [2.75, 3.05) is 0 Å². The average molecular weight is 399 g/mol. The monoisotopic (exact) mass is 398 g/mol. The van der Waals surface area contributed by atoms with Crippen LogP contribution in [0.2, 0.25) is 0 Å². The van der Waals surface area contributed by atoms with E-state index < -0.39 is 11.9 Å². The molecule has 0 heterocycles. The molecule has 2 unspecified atom stereocenters. The van der Waals surface area contributed by atoms with Gasteiger partial charge in [0, 0.05) is 0 Å². The minimum absolute atomic E-state index is 0.256. The van der Waals surface area contributed by atoms with Gasteiger partial charge in [-0.05, 0) is 25.7 Å². The highest BCUT2D eigenvalue weighted by molar-refractivity contribution is 5.70. The molecule has 2 N–H and O–H groups in total. The minimum atomic E-state index is -0.685. The molecule has 4 nitrogen and oxygen atoms in total. The van der Waals surface area contributed by atoms with Crippen LogP contribution in [0.4, 0.5) is 0 Å². The third-order valence-corrected chi connectivity index (χ3v) is 5.87. The quantitative estimate of drug-likeness (QED) is 0.197. The molecule has 166 valence electrons. The number of carboxylic acid groups (broad SMARTS) is 2. The van der Waals surface area contributed by atoms with E-state index in [2.05, 4.69) is 13.8 Å². The van der Waals surface area contributed by atoms with Crippen molar-refractivity contribution >= 4 is 11.9 Å². The summed E-state index contributed by atoms with van der Waals surface area (Å²) in [6.07, 6.45) is 18.7. The van der Waals surface area contributed by atoms with Crippen molar-refractivity contribution < 1.29 is 19.8 Å². The first kappa shape index (κ1) is 26.9. The second kappa shape index (κ2) is 19.3. The van der Waals surface area contributed by atoms with Gasteiger partial charge in [0.05, 0.1) is 11.8 Å². The molecule has 0 spiro atoms. The smallest absolute Gasteiger partial charge is 0.306 e. The first-order chi connectivity index (χ1) is 13.5. The molecule has 0 saturated heterocycles. The van der Waals surface area contributed by atoms with E-state index in [9.17, 15) is 19.8 Å². The number of hydrogen-bond acceptors (Lipinski definition) is 2. The summed E-state index contributed by atoms with van der Waals surface area (Å²) in [7, 11) is 0. The number of carboxylic acids is 2. The molecule has 0 rings (SSSR count). The first-order valence-corrected chi connectivity index (χ1v) is 12.0. The van der Waals surface area contributed by atoms with E-state index in [0.29, 0.717) is 12.8 Å². The van der Waals surface area contributed by atoms with Crippen LogP contribution in [-0.4, -0.2) is 22.2 Å². The molecule has 0 radical (unpaired) electrons. The zero-order valence-electron chi connectivity index (χ0n) is 18.6. The van der Waals surface area contributed by atoms with E-state index in [1.807, 2.05) is 0 Å². The lowest BCUT2D eigenvalue weighted by Gasteiger charge is -2.14. The lowest BCUT2D eigenvalue weighted by molar-refractivity contribution is -0.143. The maximum atomic E-state index is 11.5. The Labute approximate surface area is 173 Å². The van der Waals surface area contributed by atoms with E-state index in [1.165, 1.54) is 51.4 Å². The standard InChI is InChI=1S/C24H46O4/c1-3-5-7-9-11-13-17-21(23(25)26)19-15-16-20-22(24(27)28)18-14-12-10-8-6-4-2/h21-22H,3-20H2,1-2H3,(H,25,26)(H,27,28). The highest BCUT2D eigenvalue weighted by atomic mass is 16.4. The second-order valence-corrected chi connectivity index (χ2v) is 8.47. The van der Waals surface area contributed by atoms with Crippen LogP contribution in [0.15, 0.2) is 0 Å². The van der Waals surface area contributed by atoms with Crippen LogP contribution in [0.1, 0.15) is 129 Å². The van der Waals surface area contributed by atoms with E-state index in [-0.39, 0.29) is 11.8 Å². The summed E-state index contributed by atoms with van der Waals surface area (Å²) in [4.78, 5) is 22.9. The molecule has 0 aliphatic carbocycles. The number of aliphatic carboxylic acids is 2. The molecule has 0 bridgehead atoms. The summed E-state index contributed by atoms with van der Waals surface area (Å²) in [5.74, 6) is -1.88. The normalized spacial score (nSPS) is 13.4. The number of rotatable bonds is 21. The zero-order valence-corrected chi connectivity index (χ0v) is 18.6. The fourth-order valence-corrected chi connectivity index (χ4v) is 3.91. The van der Waals surface area contributed by atoms with Crippen molar-refractivity contribution in [3.63, 3.8) is 0 Å². The van der Waals surface area contributed by atoms with Gasteiger partial charge in [0.25, 0.3) is 0 Å². The van der Waals surface area contributed by atoms with Gasteiger partial charge in [-0.2, -0.15) is 0 Å². The Morgan fingerprint density at radius 3 is 1.04 bits per heavy atom. The summed E-state index contributed by atoms with van der Waals surface area (Å²) in [6.45, 7) is 4.39. The molecule has 28 heavy (non-hydrogen) atoms. The maximum Gasteiger partial charge on any atom is 0.306 e. The Kier molecular flexibility index (Phi) is 18.5. The van der Waals surface area contributed by atoms with Crippen molar-refractivity contribution in [1.29, 1.82) is 0 Å². The van der Waals surface area contributed by atoms with Crippen LogP contribution in [0.5, 0.6) is 0 Å². The molecule has 0 amide bonds. The minimum Gasteiger partial charge on any atom is -0.481 e. The van der Waals surface area contributed by atoms with Crippen LogP contribution in [0.3, 0.4) is 0 Å². The van der Waals surface area contributed by atoms with Gasteiger partial charge < -0.3 is 10.2 Å². The van der Waals surface area contributed by atoms with Gasteiger partial charge >= 0.3 is 11.9 Å². The lowest BCUT2D eigenvalue weighted by Crippen LogP contribution is -2.15. The topological polar surface area (TPSA) is 74.6 Å². The predicted octanol–water partition coefficient (Wildman–Crippen LogP) is 7.45. The van der Waals surface area contributed by atoms with Crippen molar-refractivity contribution in [2.45, 2.75) is 129 Å². The molecule has 0 saturated carbocycles. The van der Waals surface area contributed by atoms with Crippen LogP contribution in [0, 0.1) is 11.8 Å². The van der Waals surface area contributed by atoms with Crippen molar-refractivity contribution in [3.05, 3.63) is 0 Å². The number of carbonyl (C=O) groups is 2. The molecular formula is C24H46O4. The van der Waals surface area contributed by atoms with Gasteiger partial charge in [0.15, 0.2) is 0 Å². The summed E-state index contributed by atoms with van der Waals surface area (Å²) in [5.41, 5.74) is 0. The van der Waals surface area contributed by atoms with E-state index >= 15 is 0 Å². The fourth-order valence-electron chi connectivity index (χ4n) is 3.91. The van der Waals surface area contributed by atoms with Gasteiger partial charge in [-0.15, -0.1) is 0 Å². The summed E-state index contributed by atoms with van der Waals surface area (Å²) in [6, 6.07) is 0. The third-order valence-electron chi connectivity index (χ3n) is 5.87. The Balaban J connectivity index is 3.92. The molecule has 0 aromatic heterocycles. The van der Waals surface area contributed by atoms with Crippen molar-refractivity contribution in [3.8, 4) is 0 Å².